The molecule has 1 aliphatic carbocycles. The summed E-state index contributed by atoms with van der Waals surface area (Å²) >= 11 is 1.32. The summed E-state index contributed by atoms with van der Waals surface area (Å²) in [7, 11) is 0. The predicted octanol–water partition coefficient (Wildman–Crippen LogP) is 3.71. The van der Waals surface area contributed by atoms with Crippen molar-refractivity contribution < 1.29 is 4.79 Å². The molecule has 0 aromatic carbocycles. The third kappa shape index (κ3) is 4.83. The maximum atomic E-state index is 12.8. The molecule has 0 fully saturated rings. The van der Waals surface area contributed by atoms with Crippen LogP contribution in [0.2, 0.25) is 0 Å². The summed E-state index contributed by atoms with van der Waals surface area (Å²) in [6, 6.07) is 1.84. The number of aromatic nitrogens is 3. The van der Waals surface area contributed by atoms with Crippen molar-refractivity contribution in [2.75, 3.05) is 12.3 Å². The largest absolute Gasteiger partial charge is 0.355 e. The van der Waals surface area contributed by atoms with Gasteiger partial charge in [-0.3, -0.25) is 14.2 Å². The van der Waals surface area contributed by atoms with Crippen LogP contribution in [-0.4, -0.2) is 32.7 Å². The molecule has 0 saturated carbocycles. The summed E-state index contributed by atoms with van der Waals surface area (Å²) in [5, 5.41) is 3.57. The van der Waals surface area contributed by atoms with Crippen LogP contribution in [0, 0.1) is 6.92 Å². The van der Waals surface area contributed by atoms with Crippen LogP contribution in [0.25, 0.3) is 11.0 Å². The highest BCUT2D eigenvalue weighted by Gasteiger charge is 2.16. The number of H-pyrrole nitrogens is 1. The summed E-state index contributed by atoms with van der Waals surface area (Å²) < 4.78 is 1.66. The fraction of sp³-hybridized carbons (Fsp3) is 0.550. The molecule has 0 bridgehead atoms. The van der Waals surface area contributed by atoms with Gasteiger partial charge in [0, 0.05) is 18.3 Å². The number of rotatable bonds is 7. The normalized spacial score (nSPS) is 14.6. The van der Waals surface area contributed by atoms with Gasteiger partial charge in [0.1, 0.15) is 5.52 Å². The van der Waals surface area contributed by atoms with Gasteiger partial charge in [-0.05, 0) is 58.9 Å². The lowest BCUT2D eigenvalue weighted by Gasteiger charge is -2.15. The van der Waals surface area contributed by atoms with Crippen LogP contribution in [-0.2, 0) is 4.79 Å². The number of amides is 1. The quantitative estimate of drug-likeness (QED) is 0.430. The average Bonchev–Trinajstić information content (AvgIpc) is 3.01. The zero-order valence-corrected chi connectivity index (χ0v) is 17.1. The standard InChI is InChI=1S/C20H28N4O2S/c1-13(2)24-19(26)18-16(11-14(3)22-18)23-20(24)27-12-17(25)21-10-9-15-7-5-4-6-8-15/h7,11,13,22H,4-6,8-10,12H2,1-3H3,(H,21,25). The Labute approximate surface area is 163 Å². The van der Waals surface area contributed by atoms with Crippen molar-refractivity contribution in [3.8, 4) is 0 Å². The summed E-state index contributed by atoms with van der Waals surface area (Å²) in [4.78, 5) is 32.7. The lowest BCUT2D eigenvalue weighted by Crippen LogP contribution is -2.28. The van der Waals surface area contributed by atoms with E-state index in [9.17, 15) is 9.59 Å². The molecule has 0 saturated heterocycles. The Morgan fingerprint density at radius 3 is 2.93 bits per heavy atom. The van der Waals surface area contributed by atoms with E-state index in [2.05, 4.69) is 21.4 Å². The first-order valence-electron chi connectivity index (χ1n) is 9.65. The summed E-state index contributed by atoms with van der Waals surface area (Å²) in [5.41, 5.74) is 3.45. The highest BCUT2D eigenvalue weighted by molar-refractivity contribution is 7.99. The second-order valence-electron chi connectivity index (χ2n) is 7.37. The number of nitrogens with zero attached hydrogens (tertiary/aromatic N) is 2. The van der Waals surface area contributed by atoms with Gasteiger partial charge >= 0.3 is 0 Å². The number of hydrogen-bond donors (Lipinski definition) is 2. The minimum Gasteiger partial charge on any atom is -0.355 e. The number of aryl methyl sites for hydroxylation is 1. The maximum Gasteiger partial charge on any atom is 0.278 e. The molecule has 6 nitrogen and oxygen atoms in total. The van der Waals surface area contributed by atoms with Crippen molar-refractivity contribution in [3.05, 3.63) is 33.8 Å². The van der Waals surface area contributed by atoms with Crippen molar-refractivity contribution in [2.24, 2.45) is 0 Å². The van der Waals surface area contributed by atoms with Gasteiger partial charge in [0.15, 0.2) is 5.16 Å². The number of aromatic amines is 1. The average molecular weight is 389 g/mol. The Morgan fingerprint density at radius 1 is 1.41 bits per heavy atom. The lowest BCUT2D eigenvalue weighted by molar-refractivity contribution is -0.118. The van der Waals surface area contributed by atoms with Crippen molar-refractivity contribution in [3.63, 3.8) is 0 Å². The van der Waals surface area contributed by atoms with E-state index in [1.807, 2.05) is 26.8 Å². The number of allylic oxidation sites excluding steroid dienone is 1. The number of nitrogens with one attached hydrogen (secondary N) is 2. The van der Waals surface area contributed by atoms with Crippen LogP contribution in [0.1, 0.15) is 57.7 Å². The molecule has 1 amide bonds. The molecule has 0 aliphatic heterocycles. The molecule has 2 heterocycles. The molecular weight excluding hydrogens is 360 g/mol. The smallest absolute Gasteiger partial charge is 0.278 e. The highest BCUT2D eigenvalue weighted by Crippen LogP contribution is 2.21. The summed E-state index contributed by atoms with van der Waals surface area (Å²) in [5.74, 6) is 0.235. The third-order valence-corrected chi connectivity index (χ3v) is 5.74. The monoisotopic (exact) mass is 388 g/mol. The Morgan fingerprint density at radius 2 is 2.22 bits per heavy atom. The van der Waals surface area contributed by atoms with Crippen LogP contribution in [0.4, 0.5) is 0 Å². The van der Waals surface area contributed by atoms with E-state index in [0.717, 1.165) is 18.5 Å². The van der Waals surface area contributed by atoms with Gasteiger partial charge < -0.3 is 10.3 Å². The molecule has 0 spiro atoms. The molecule has 0 atom stereocenters. The first kappa shape index (κ1) is 19.7. The number of carbonyl (C=O) groups excluding carboxylic acids is 1. The Kier molecular flexibility index (Phi) is 6.42. The minimum absolute atomic E-state index is 0.0219. The van der Waals surface area contributed by atoms with Crippen LogP contribution < -0.4 is 10.9 Å². The Hall–Kier alpha value is -2.02. The van der Waals surface area contributed by atoms with Gasteiger partial charge in [0.2, 0.25) is 5.91 Å². The molecule has 146 valence electrons. The van der Waals surface area contributed by atoms with Crippen LogP contribution in [0.5, 0.6) is 0 Å². The molecular formula is C20H28N4O2S. The SMILES string of the molecule is Cc1cc2nc(SCC(=O)NCCC3=CCCCC3)n(C(C)C)c(=O)c2[nH]1. The molecule has 7 heteroatoms. The maximum absolute atomic E-state index is 12.8. The zero-order chi connectivity index (χ0) is 19.4. The lowest BCUT2D eigenvalue weighted by atomic mass is 9.97. The zero-order valence-electron chi connectivity index (χ0n) is 16.3. The van der Waals surface area contributed by atoms with E-state index in [0.29, 0.717) is 22.7 Å². The van der Waals surface area contributed by atoms with Crippen molar-refractivity contribution in [2.45, 2.75) is 64.1 Å². The van der Waals surface area contributed by atoms with Crippen LogP contribution >= 0.6 is 11.8 Å². The summed E-state index contributed by atoms with van der Waals surface area (Å²) in [6.07, 6.45) is 8.10. The van der Waals surface area contributed by atoms with Gasteiger partial charge in [-0.1, -0.05) is 23.4 Å². The molecule has 2 aromatic heterocycles. The first-order chi connectivity index (χ1) is 13.0. The van der Waals surface area contributed by atoms with Gasteiger partial charge in [-0.25, -0.2) is 4.98 Å². The number of hydrogen-bond acceptors (Lipinski definition) is 4. The number of fused-ring (bicyclic) bond motifs is 1. The molecule has 2 N–H and O–H groups in total. The predicted molar refractivity (Wildman–Crippen MR) is 110 cm³/mol. The van der Waals surface area contributed by atoms with Crippen molar-refractivity contribution in [1.82, 2.24) is 19.9 Å². The molecule has 0 unspecified atom stereocenters. The van der Waals surface area contributed by atoms with Crippen molar-refractivity contribution >= 4 is 28.7 Å². The first-order valence-corrected chi connectivity index (χ1v) is 10.6. The second-order valence-corrected chi connectivity index (χ2v) is 8.32. The number of carbonyl (C=O) groups is 1. The van der Waals surface area contributed by atoms with E-state index in [1.54, 1.807) is 4.57 Å². The van der Waals surface area contributed by atoms with E-state index in [4.69, 9.17) is 0 Å². The minimum atomic E-state index is -0.0877. The molecule has 1 aliphatic rings. The number of thioether (sulfide) groups is 1. The van der Waals surface area contributed by atoms with Gasteiger partial charge in [0.05, 0.1) is 11.3 Å². The fourth-order valence-electron chi connectivity index (χ4n) is 3.42. The Bertz CT molecular complexity index is 911. The highest BCUT2D eigenvalue weighted by atomic mass is 32.2. The molecule has 2 aromatic rings. The van der Waals surface area contributed by atoms with Crippen molar-refractivity contribution in [1.29, 1.82) is 0 Å². The summed E-state index contributed by atoms with van der Waals surface area (Å²) in [6.45, 7) is 6.48. The van der Waals surface area contributed by atoms with Gasteiger partial charge in [-0.15, -0.1) is 0 Å². The van der Waals surface area contributed by atoms with Gasteiger partial charge in [0.25, 0.3) is 5.56 Å². The van der Waals surface area contributed by atoms with E-state index >= 15 is 0 Å². The van der Waals surface area contributed by atoms with E-state index in [-0.39, 0.29) is 23.3 Å². The second kappa shape index (κ2) is 8.78. The van der Waals surface area contributed by atoms with Gasteiger partial charge in [-0.2, -0.15) is 0 Å². The third-order valence-electron chi connectivity index (χ3n) is 4.79. The fourth-order valence-corrected chi connectivity index (χ4v) is 4.38. The Balaban J connectivity index is 1.63. The molecule has 27 heavy (non-hydrogen) atoms. The van der Waals surface area contributed by atoms with Crippen LogP contribution in [0.15, 0.2) is 27.7 Å². The molecule has 0 radical (unpaired) electrons. The van der Waals surface area contributed by atoms with E-state index < -0.39 is 0 Å². The van der Waals surface area contributed by atoms with Crippen LogP contribution in [0.3, 0.4) is 0 Å². The topological polar surface area (TPSA) is 79.8 Å². The molecule has 3 rings (SSSR count). The van der Waals surface area contributed by atoms with E-state index in [1.165, 1.54) is 36.6 Å².